The molecule has 106 valence electrons. The molecule has 0 bridgehead atoms. The number of benzene rings is 1. The molecule has 1 amide bonds. The van der Waals surface area contributed by atoms with E-state index in [9.17, 15) is 13.2 Å². The fraction of sp³-hybridized carbons (Fsp3) is 0.154. The Bertz CT molecular complexity index is 736. The smallest absolute Gasteiger partial charge is 0.300 e. The van der Waals surface area contributed by atoms with Crippen LogP contribution < -0.4 is 4.72 Å². The number of hydrogen-bond acceptors (Lipinski definition) is 4. The van der Waals surface area contributed by atoms with Gasteiger partial charge in [0.05, 0.1) is 4.90 Å². The Morgan fingerprint density at radius 2 is 2.05 bits per heavy atom. The minimum absolute atomic E-state index is 0.0487. The standard InChI is InChI=1S/C13H12ClNO4S/c1-2-10-6-7-12(19-10)13(16)15-20(17,18)11-5-3-4-9(14)8-11/h3-8H,2H2,1H3,(H,15,16). The summed E-state index contributed by atoms with van der Waals surface area (Å²) in [6.45, 7) is 1.86. The van der Waals surface area contributed by atoms with Crippen LogP contribution in [0.4, 0.5) is 0 Å². The highest BCUT2D eigenvalue weighted by Crippen LogP contribution is 2.16. The Labute approximate surface area is 121 Å². The van der Waals surface area contributed by atoms with Gasteiger partial charge < -0.3 is 4.42 Å². The molecule has 0 aliphatic carbocycles. The molecule has 2 aromatic rings. The first-order valence-corrected chi connectivity index (χ1v) is 7.70. The summed E-state index contributed by atoms with van der Waals surface area (Å²) in [5.74, 6) is -0.257. The summed E-state index contributed by atoms with van der Waals surface area (Å²) in [6.07, 6.45) is 0.619. The third-order valence-electron chi connectivity index (χ3n) is 2.57. The van der Waals surface area contributed by atoms with E-state index in [1.54, 1.807) is 12.1 Å². The SMILES string of the molecule is CCc1ccc(C(=O)NS(=O)(=O)c2cccc(Cl)c2)o1. The third-order valence-corrected chi connectivity index (χ3v) is 4.13. The van der Waals surface area contributed by atoms with Crippen LogP contribution in [-0.4, -0.2) is 14.3 Å². The highest BCUT2D eigenvalue weighted by molar-refractivity contribution is 7.90. The van der Waals surface area contributed by atoms with E-state index in [2.05, 4.69) is 0 Å². The van der Waals surface area contributed by atoms with Gasteiger partial charge in [0.15, 0.2) is 5.76 Å². The average molecular weight is 314 g/mol. The van der Waals surface area contributed by atoms with Gasteiger partial charge >= 0.3 is 5.91 Å². The number of rotatable bonds is 4. The van der Waals surface area contributed by atoms with Crippen molar-refractivity contribution in [3.8, 4) is 0 Å². The van der Waals surface area contributed by atoms with Crippen molar-refractivity contribution in [2.45, 2.75) is 18.2 Å². The predicted molar refractivity (Wildman–Crippen MR) is 74.2 cm³/mol. The molecule has 0 aliphatic rings. The zero-order valence-corrected chi connectivity index (χ0v) is 12.2. The van der Waals surface area contributed by atoms with Crippen molar-refractivity contribution < 1.29 is 17.6 Å². The minimum Gasteiger partial charge on any atom is -0.456 e. The highest BCUT2D eigenvalue weighted by atomic mass is 35.5. The zero-order valence-electron chi connectivity index (χ0n) is 10.6. The van der Waals surface area contributed by atoms with Crippen molar-refractivity contribution in [1.29, 1.82) is 0 Å². The van der Waals surface area contributed by atoms with Crippen LogP contribution in [0.3, 0.4) is 0 Å². The zero-order chi connectivity index (χ0) is 14.8. The summed E-state index contributed by atoms with van der Waals surface area (Å²) in [6, 6.07) is 8.70. The monoisotopic (exact) mass is 313 g/mol. The first kappa shape index (κ1) is 14.6. The molecule has 7 heteroatoms. The second kappa shape index (κ2) is 5.68. The van der Waals surface area contributed by atoms with Crippen molar-refractivity contribution in [2.75, 3.05) is 0 Å². The van der Waals surface area contributed by atoms with Crippen LogP contribution in [0.25, 0.3) is 0 Å². The Morgan fingerprint density at radius 1 is 1.30 bits per heavy atom. The lowest BCUT2D eigenvalue weighted by Gasteiger charge is -2.05. The van der Waals surface area contributed by atoms with Crippen LogP contribution in [-0.2, 0) is 16.4 Å². The molecular weight excluding hydrogens is 302 g/mol. The molecule has 0 spiro atoms. The Morgan fingerprint density at radius 3 is 2.65 bits per heavy atom. The van der Waals surface area contributed by atoms with E-state index < -0.39 is 15.9 Å². The van der Waals surface area contributed by atoms with Gasteiger partial charge in [-0.25, -0.2) is 13.1 Å². The Hall–Kier alpha value is -1.79. The largest absolute Gasteiger partial charge is 0.456 e. The normalized spacial score (nSPS) is 11.3. The van der Waals surface area contributed by atoms with E-state index in [1.807, 2.05) is 11.6 Å². The number of carbonyl (C=O) groups is 1. The Balaban J connectivity index is 2.22. The molecule has 1 aromatic heterocycles. The minimum atomic E-state index is -3.97. The lowest BCUT2D eigenvalue weighted by Crippen LogP contribution is -2.30. The lowest BCUT2D eigenvalue weighted by molar-refractivity contribution is 0.0953. The van der Waals surface area contributed by atoms with E-state index in [1.165, 1.54) is 24.3 Å². The topological polar surface area (TPSA) is 76.4 Å². The van der Waals surface area contributed by atoms with Gasteiger partial charge in [-0.15, -0.1) is 0 Å². The van der Waals surface area contributed by atoms with Crippen LogP contribution in [0.2, 0.25) is 5.02 Å². The van der Waals surface area contributed by atoms with Crippen LogP contribution in [0, 0.1) is 0 Å². The number of carbonyl (C=O) groups excluding carboxylic acids is 1. The van der Waals surface area contributed by atoms with Crippen molar-refractivity contribution in [3.05, 3.63) is 52.9 Å². The van der Waals surface area contributed by atoms with Crippen molar-refractivity contribution >= 4 is 27.5 Å². The molecule has 0 aliphatic heterocycles. The molecule has 0 unspecified atom stereocenters. The third kappa shape index (κ3) is 3.20. The lowest BCUT2D eigenvalue weighted by atomic mass is 10.3. The van der Waals surface area contributed by atoms with Gasteiger partial charge in [-0.3, -0.25) is 4.79 Å². The summed E-state index contributed by atoms with van der Waals surface area (Å²) >= 11 is 5.73. The maximum atomic E-state index is 12.0. The Kier molecular flexibility index (Phi) is 4.15. The number of halogens is 1. The number of sulfonamides is 1. The molecule has 20 heavy (non-hydrogen) atoms. The van der Waals surface area contributed by atoms with E-state index in [0.717, 1.165) is 0 Å². The van der Waals surface area contributed by atoms with E-state index in [4.69, 9.17) is 16.0 Å². The molecule has 2 rings (SSSR count). The fourth-order valence-corrected chi connectivity index (χ4v) is 2.81. The molecular formula is C13H12ClNO4S. The second-order valence-corrected chi connectivity index (χ2v) is 6.13. The maximum Gasteiger partial charge on any atom is 0.300 e. The van der Waals surface area contributed by atoms with Crippen molar-refractivity contribution in [2.24, 2.45) is 0 Å². The van der Waals surface area contributed by atoms with Crippen LogP contribution in [0.5, 0.6) is 0 Å². The molecule has 1 heterocycles. The van der Waals surface area contributed by atoms with Gasteiger partial charge in [0.1, 0.15) is 5.76 Å². The molecule has 0 fully saturated rings. The molecule has 1 aromatic carbocycles. The number of hydrogen-bond donors (Lipinski definition) is 1. The highest BCUT2D eigenvalue weighted by Gasteiger charge is 2.20. The molecule has 0 saturated heterocycles. The molecule has 0 saturated carbocycles. The first-order chi connectivity index (χ1) is 9.42. The van der Waals surface area contributed by atoms with Crippen LogP contribution >= 0.6 is 11.6 Å². The average Bonchev–Trinajstić information content (AvgIpc) is 2.87. The van der Waals surface area contributed by atoms with Crippen LogP contribution in [0.15, 0.2) is 45.7 Å². The summed E-state index contributed by atoms with van der Waals surface area (Å²) in [4.78, 5) is 11.7. The summed E-state index contributed by atoms with van der Waals surface area (Å²) in [5, 5.41) is 0.270. The van der Waals surface area contributed by atoms with Gasteiger partial charge in [-0.05, 0) is 30.3 Å². The molecule has 0 radical (unpaired) electrons. The molecule has 0 atom stereocenters. The number of nitrogens with one attached hydrogen (secondary N) is 1. The molecule has 5 nitrogen and oxygen atoms in total. The summed E-state index contributed by atoms with van der Waals surface area (Å²) < 4.78 is 31.2. The quantitative estimate of drug-likeness (QED) is 0.941. The number of aryl methyl sites for hydroxylation is 1. The van der Waals surface area contributed by atoms with E-state index >= 15 is 0 Å². The number of furan rings is 1. The first-order valence-electron chi connectivity index (χ1n) is 5.84. The van der Waals surface area contributed by atoms with Gasteiger partial charge in [0.2, 0.25) is 0 Å². The van der Waals surface area contributed by atoms with Gasteiger partial charge in [-0.1, -0.05) is 24.6 Å². The second-order valence-electron chi connectivity index (χ2n) is 4.01. The fourth-order valence-electron chi connectivity index (χ4n) is 1.56. The number of amides is 1. The van der Waals surface area contributed by atoms with Crippen LogP contribution in [0.1, 0.15) is 23.2 Å². The van der Waals surface area contributed by atoms with E-state index in [0.29, 0.717) is 12.2 Å². The van der Waals surface area contributed by atoms with Crippen molar-refractivity contribution in [3.63, 3.8) is 0 Å². The predicted octanol–water partition coefficient (Wildman–Crippen LogP) is 2.61. The van der Waals surface area contributed by atoms with Gasteiger partial charge in [0, 0.05) is 11.4 Å². The van der Waals surface area contributed by atoms with Gasteiger partial charge in [-0.2, -0.15) is 0 Å². The van der Waals surface area contributed by atoms with Gasteiger partial charge in [0.25, 0.3) is 10.0 Å². The van der Waals surface area contributed by atoms with Crippen molar-refractivity contribution in [1.82, 2.24) is 4.72 Å². The summed E-state index contributed by atoms with van der Waals surface area (Å²) in [5.41, 5.74) is 0. The maximum absolute atomic E-state index is 12.0. The van der Waals surface area contributed by atoms with E-state index in [-0.39, 0.29) is 15.7 Å². The summed E-state index contributed by atoms with van der Waals surface area (Å²) in [7, 11) is -3.97. The molecule has 1 N–H and O–H groups in total.